The van der Waals surface area contributed by atoms with Crippen LogP contribution in [0.25, 0.3) is 0 Å². The van der Waals surface area contributed by atoms with Crippen molar-refractivity contribution in [2.45, 2.75) is 22.7 Å². The minimum Gasteiger partial charge on any atom is -0.481 e. The van der Waals surface area contributed by atoms with Crippen LogP contribution in [-0.4, -0.2) is 21.0 Å². The fourth-order valence-electron chi connectivity index (χ4n) is 1.31. The van der Waals surface area contributed by atoms with Gasteiger partial charge in [0.2, 0.25) is 0 Å². The molecule has 0 atom stereocenters. The maximum Gasteiger partial charge on any atom is 0.308 e. The van der Waals surface area contributed by atoms with Crippen LogP contribution in [0.3, 0.4) is 0 Å². The van der Waals surface area contributed by atoms with Crippen LogP contribution in [0.2, 0.25) is 5.02 Å². The number of nitrogens with zero attached hydrogens (tertiary/aromatic N) is 2. The molecule has 0 saturated heterocycles. The van der Waals surface area contributed by atoms with Crippen LogP contribution in [0, 0.1) is 6.92 Å². The minimum absolute atomic E-state index is 0.000718. The van der Waals surface area contributed by atoms with Crippen molar-refractivity contribution in [3.05, 3.63) is 32.3 Å². The van der Waals surface area contributed by atoms with Gasteiger partial charge in [-0.1, -0.05) is 11.6 Å². The lowest BCUT2D eigenvalue weighted by molar-refractivity contribution is -0.136. The van der Waals surface area contributed by atoms with E-state index in [-0.39, 0.29) is 6.42 Å². The van der Waals surface area contributed by atoms with Crippen LogP contribution >= 0.6 is 50.6 Å². The number of carbonyl (C=O) groups is 1. The van der Waals surface area contributed by atoms with E-state index in [1.54, 1.807) is 12.3 Å². The van der Waals surface area contributed by atoms with Gasteiger partial charge in [-0.25, -0.2) is 9.97 Å². The molecule has 0 aliphatic heterocycles. The predicted octanol–water partition coefficient (Wildman–Crippen LogP) is 4.04. The lowest BCUT2D eigenvalue weighted by atomic mass is 10.3. The van der Waals surface area contributed by atoms with E-state index in [4.69, 9.17) is 16.7 Å². The van der Waals surface area contributed by atoms with Gasteiger partial charge in [0.05, 0.1) is 21.6 Å². The SMILES string of the molecule is Cc1nc(Sc2ncc(Cl)cc2Br)sc1CC(=O)O. The second-order valence-electron chi connectivity index (χ2n) is 3.60. The smallest absolute Gasteiger partial charge is 0.308 e. The highest BCUT2D eigenvalue weighted by molar-refractivity contribution is 9.10. The Balaban J connectivity index is 2.21. The monoisotopic (exact) mass is 378 g/mol. The average molecular weight is 380 g/mol. The molecular formula is C11H8BrClN2O2S2. The normalized spacial score (nSPS) is 10.7. The highest BCUT2D eigenvalue weighted by atomic mass is 79.9. The molecule has 0 spiro atoms. The third-order valence-electron chi connectivity index (χ3n) is 2.14. The van der Waals surface area contributed by atoms with Gasteiger partial charge in [0.1, 0.15) is 5.03 Å². The van der Waals surface area contributed by atoms with E-state index in [2.05, 4.69) is 25.9 Å². The zero-order chi connectivity index (χ0) is 14.0. The van der Waals surface area contributed by atoms with Crippen LogP contribution < -0.4 is 0 Å². The summed E-state index contributed by atoms with van der Waals surface area (Å²) in [6.45, 7) is 1.81. The Hall–Kier alpha value is -0.630. The van der Waals surface area contributed by atoms with E-state index in [1.807, 2.05) is 6.92 Å². The quantitative estimate of drug-likeness (QED) is 0.868. The van der Waals surface area contributed by atoms with Crippen molar-refractivity contribution in [3.63, 3.8) is 0 Å². The van der Waals surface area contributed by atoms with Gasteiger partial charge < -0.3 is 5.11 Å². The maximum absolute atomic E-state index is 10.7. The van der Waals surface area contributed by atoms with Gasteiger partial charge in [0.15, 0.2) is 4.34 Å². The molecule has 100 valence electrons. The lowest BCUT2D eigenvalue weighted by Gasteiger charge is -2.00. The summed E-state index contributed by atoms with van der Waals surface area (Å²) in [6, 6.07) is 1.76. The molecule has 19 heavy (non-hydrogen) atoms. The van der Waals surface area contributed by atoms with Crippen molar-refractivity contribution in [1.82, 2.24) is 9.97 Å². The number of carboxylic acids is 1. The second kappa shape index (κ2) is 6.21. The van der Waals surface area contributed by atoms with Gasteiger partial charge in [-0.05, 0) is 40.7 Å². The third-order valence-corrected chi connectivity index (χ3v) is 5.45. The Morgan fingerprint density at radius 2 is 2.37 bits per heavy atom. The summed E-state index contributed by atoms with van der Waals surface area (Å²) < 4.78 is 1.56. The summed E-state index contributed by atoms with van der Waals surface area (Å²) in [6.07, 6.45) is 1.56. The van der Waals surface area contributed by atoms with E-state index in [1.165, 1.54) is 23.1 Å². The fourth-order valence-corrected chi connectivity index (χ4v) is 4.29. The minimum atomic E-state index is -0.853. The van der Waals surface area contributed by atoms with Gasteiger partial charge in [-0.2, -0.15) is 0 Å². The van der Waals surface area contributed by atoms with Crippen molar-refractivity contribution in [3.8, 4) is 0 Å². The molecule has 0 aliphatic rings. The van der Waals surface area contributed by atoms with Gasteiger partial charge in [0, 0.05) is 11.1 Å². The first-order valence-corrected chi connectivity index (χ1v) is 7.93. The number of hydrogen-bond acceptors (Lipinski definition) is 5. The number of thiazole rings is 1. The Kier molecular flexibility index (Phi) is 4.83. The first-order chi connectivity index (χ1) is 8.95. The van der Waals surface area contributed by atoms with Gasteiger partial charge in [-0.3, -0.25) is 4.79 Å². The number of pyridine rings is 1. The van der Waals surface area contributed by atoms with Crippen LogP contribution in [0.5, 0.6) is 0 Å². The number of aryl methyl sites for hydroxylation is 1. The lowest BCUT2D eigenvalue weighted by Crippen LogP contribution is -1.99. The van der Waals surface area contributed by atoms with E-state index in [0.717, 1.165) is 24.4 Å². The van der Waals surface area contributed by atoms with Crippen molar-refractivity contribution in [2.24, 2.45) is 0 Å². The highest BCUT2D eigenvalue weighted by Crippen LogP contribution is 2.36. The summed E-state index contributed by atoms with van der Waals surface area (Å²) >= 11 is 12.0. The van der Waals surface area contributed by atoms with E-state index < -0.39 is 5.97 Å². The van der Waals surface area contributed by atoms with Crippen LogP contribution in [0.4, 0.5) is 0 Å². The molecule has 2 heterocycles. The molecule has 0 unspecified atom stereocenters. The van der Waals surface area contributed by atoms with Gasteiger partial charge >= 0.3 is 5.97 Å². The largest absolute Gasteiger partial charge is 0.481 e. The number of hydrogen-bond donors (Lipinski definition) is 1. The Morgan fingerprint density at radius 3 is 3.00 bits per heavy atom. The Labute approximate surface area is 131 Å². The van der Waals surface area contributed by atoms with Crippen molar-refractivity contribution >= 4 is 56.6 Å². The molecule has 0 fully saturated rings. The zero-order valence-corrected chi connectivity index (χ0v) is 13.7. The molecule has 4 nitrogen and oxygen atoms in total. The highest BCUT2D eigenvalue weighted by Gasteiger charge is 2.13. The summed E-state index contributed by atoms with van der Waals surface area (Å²) in [5, 5.41) is 10.1. The molecule has 2 aromatic rings. The van der Waals surface area contributed by atoms with E-state index in [9.17, 15) is 4.79 Å². The van der Waals surface area contributed by atoms with E-state index in [0.29, 0.717) is 5.02 Å². The zero-order valence-electron chi connectivity index (χ0n) is 9.68. The Bertz CT molecular complexity index is 633. The van der Waals surface area contributed by atoms with Crippen LogP contribution in [-0.2, 0) is 11.2 Å². The third kappa shape index (κ3) is 3.92. The summed E-state index contributed by atoms with van der Waals surface area (Å²) in [5.74, 6) is -0.853. The molecule has 0 bridgehead atoms. The molecule has 0 aliphatic carbocycles. The fraction of sp³-hybridized carbons (Fsp3) is 0.182. The Morgan fingerprint density at radius 1 is 1.63 bits per heavy atom. The summed E-state index contributed by atoms with van der Waals surface area (Å²) in [4.78, 5) is 20.0. The first kappa shape index (κ1) is 14.8. The molecule has 0 amide bonds. The predicted molar refractivity (Wildman–Crippen MR) is 79.3 cm³/mol. The van der Waals surface area contributed by atoms with Crippen molar-refractivity contribution in [2.75, 3.05) is 0 Å². The number of aliphatic carboxylic acids is 1. The molecule has 2 rings (SSSR count). The molecule has 1 N–H and O–H groups in total. The molecule has 0 radical (unpaired) electrons. The number of carboxylic acid groups (broad SMARTS) is 1. The number of aromatic nitrogens is 2. The van der Waals surface area contributed by atoms with E-state index >= 15 is 0 Å². The molecule has 8 heteroatoms. The maximum atomic E-state index is 10.7. The summed E-state index contributed by atoms with van der Waals surface area (Å²) in [5.41, 5.74) is 0.750. The van der Waals surface area contributed by atoms with Gasteiger partial charge in [0.25, 0.3) is 0 Å². The molecule has 2 aromatic heterocycles. The standard InChI is InChI=1S/C11H8BrClN2O2S2/c1-5-8(3-9(16)17)18-11(15-5)19-10-7(12)2-6(13)4-14-10/h2,4H,3H2,1H3,(H,16,17). The molecule has 0 aromatic carbocycles. The molecule has 0 saturated carbocycles. The van der Waals surface area contributed by atoms with Crippen molar-refractivity contribution < 1.29 is 9.90 Å². The molecular weight excluding hydrogens is 372 g/mol. The van der Waals surface area contributed by atoms with Crippen LogP contribution in [0.15, 0.2) is 26.1 Å². The van der Waals surface area contributed by atoms with Crippen molar-refractivity contribution in [1.29, 1.82) is 0 Å². The summed E-state index contributed by atoms with van der Waals surface area (Å²) in [7, 11) is 0. The number of halogens is 2. The van der Waals surface area contributed by atoms with Crippen LogP contribution in [0.1, 0.15) is 10.6 Å². The number of rotatable bonds is 4. The van der Waals surface area contributed by atoms with Gasteiger partial charge in [-0.15, -0.1) is 11.3 Å². The first-order valence-electron chi connectivity index (χ1n) is 5.12. The topological polar surface area (TPSA) is 63.1 Å². The second-order valence-corrected chi connectivity index (χ2v) is 7.21. The average Bonchev–Trinajstić information content (AvgIpc) is 2.62.